The molecule has 0 aliphatic carbocycles. The summed E-state index contributed by atoms with van der Waals surface area (Å²) in [7, 11) is 0. The molecule has 0 unspecified atom stereocenters. The Hall–Kier alpha value is -4.09. The van der Waals surface area contributed by atoms with Gasteiger partial charge in [-0.15, -0.1) is 0 Å². The number of pyridine rings is 1. The molecule has 0 radical (unpaired) electrons. The molecule has 0 aliphatic rings. The molecule has 0 bridgehead atoms. The maximum absolute atomic E-state index is 13.5. The highest BCUT2D eigenvalue weighted by Crippen LogP contribution is 2.27. The minimum Gasteiger partial charge on any atom is -0.443 e. The lowest BCUT2D eigenvalue weighted by atomic mass is 10.2. The normalized spacial score (nSPS) is 11.2. The second kappa shape index (κ2) is 9.04. The van der Waals surface area contributed by atoms with E-state index in [1.165, 1.54) is 16.7 Å². The van der Waals surface area contributed by atoms with Gasteiger partial charge in [-0.05, 0) is 63.2 Å². The summed E-state index contributed by atoms with van der Waals surface area (Å²) in [6, 6.07) is 16.9. The predicted molar refractivity (Wildman–Crippen MR) is 130 cm³/mol. The lowest BCUT2D eigenvalue weighted by molar-refractivity contribution is 0.0544. The van der Waals surface area contributed by atoms with Crippen LogP contribution < -0.4 is 10.6 Å². The number of carbonyl (C=O) groups is 1. The van der Waals surface area contributed by atoms with Crippen LogP contribution in [0.1, 0.15) is 26.5 Å². The molecule has 2 aromatic carbocycles. The molecule has 4 aromatic rings. The molecule has 0 saturated carbocycles. The van der Waals surface area contributed by atoms with Crippen LogP contribution in [0.3, 0.4) is 0 Å². The molecule has 2 N–H and O–H groups in total. The molecule has 172 valence electrons. The fraction of sp³-hybridized carbons (Fsp3) is 0.160. The highest BCUT2D eigenvalue weighted by molar-refractivity contribution is 6.31. The van der Waals surface area contributed by atoms with Gasteiger partial charge in [0.2, 0.25) is 0 Å². The lowest BCUT2D eigenvalue weighted by Crippen LogP contribution is -2.26. The molecule has 0 spiro atoms. The van der Waals surface area contributed by atoms with E-state index in [0.29, 0.717) is 28.4 Å². The standard InChI is InChI=1S/C25H21ClFN5O2/c1-25(2,3)34-24(33)32-9-8-15-4-5-17(12-22(15)32)30-23-13-18(10-19(14-28)31-23)29-16-6-7-21(27)20(26)11-16/h4-13H,1-3H3,(H2,29,30,31). The number of hydrogen-bond acceptors (Lipinski definition) is 6. The number of rotatable bonds is 4. The van der Waals surface area contributed by atoms with E-state index in [4.69, 9.17) is 16.3 Å². The topological polar surface area (TPSA) is 92.0 Å². The monoisotopic (exact) mass is 477 g/mol. The first-order valence-electron chi connectivity index (χ1n) is 10.4. The van der Waals surface area contributed by atoms with Gasteiger partial charge in [-0.2, -0.15) is 5.26 Å². The van der Waals surface area contributed by atoms with E-state index in [2.05, 4.69) is 15.6 Å². The van der Waals surface area contributed by atoms with Gasteiger partial charge in [0.15, 0.2) is 0 Å². The highest BCUT2D eigenvalue weighted by atomic mass is 35.5. The third-order valence-corrected chi connectivity index (χ3v) is 4.99. The van der Waals surface area contributed by atoms with Gasteiger partial charge in [0.25, 0.3) is 0 Å². The van der Waals surface area contributed by atoms with E-state index < -0.39 is 17.5 Å². The molecule has 2 aromatic heterocycles. The van der Waals surface area contributed by atoms with Gasteiger partial charge in [-0.1, -0.05) is 17.7 Å². The van der Waals surface area contributed by atoms with E-state index in [0.717, 1.165) is 5.39 Å². The van der Waals surface area contributed by atoms with Gasteiger partial charge in [-0.3, -0.25) is 4.57 Å². The van der Waals surface area contributed by atoms with E-state index in [-0.39, 0.29) is 10.7 Å². The van der Waals surface area contributed by atoms with Crippen molar-refractivity contribution in [2.24, 2.45) is 0 Å². The first kappa shape index (κ1) is 23.1. The number of anilines is 4. The third kappa shape index (κ3) is 5.27. The van der Waals surface area contributed by atoms with E-state index in [1.54, 1.807) is 30.5 Å². The number of ether oxygens (including phenoxy) is 1. The molecule has 4 rings (SSSR count). The van der Waals surface area contributed by atoms with Gasteiger partial charge in [0.1, 0.15) is 29.0 Å². The quantitative estimate of drug-likeness (QED) is 0.329. The zero-order valence-electron chi connectivity index (χ0n) is 18.7. The molecule has 9 heteroatoms. The second-order valence-electron chi connectivity index (χ2n) is 8.56. The summed E-state index contributed by atoms with van der Waals surface area (Å²) < 4.78 is 20.4. The average Bonchev–Trinajstić information content (AvgIpc) is 3.18. The number of aromatic nitrogens is 2. The zero-order chi connectivity index (χ0) is 24.5. The summed E-state index contributed by atoms with van der Waals surface area (Å²) in [6.45, 7) is 5.43. The average molecular weight is 478 g/mol. The summed E-state index contributed by atoms with van der Waals surface area (Å²) in [5.41, 5.74) is 2.01. The first-order valence-corrected chi connectivity index (χ1v) is 10.7. The van der Waals surface area contributed by atoms with Crippen molar-refractivity contribution >= 4 is 51.5 Å². The molecular weight excluding hydrogens is 457 g/mol. The second-order valence-corrected chi connectivity index (χ2v) is 8.96. The van der Waals surface area contributed by atoms with Gasteiger partial charge >= 0.3 is 6.09 Å². The van der Waals surface area contributed by atoms with Crippen molar-refractivity contribution in [1.82, 2.24) is 9.55 Å². The summed E-state index contributed by atoms with van der Waals surface area (Å²) >= 11 is 5.86. The van der Waals surface area contributed by atoms with Crippen molar-refractivity contribution in [2.75, 3.05) is 10.6 Å². The lowest BCUT2D eigenvalue weighted by Gasteiger charge is -2.19. The maximum atomic E-state index is 13.5. The van der Waals surface area contributed by atoms with Crippen molar-refractivity contribution in [3.05, 3.63) is 77.3 Å². The fourth-order valence-electron chi connectivity index (χ4n) is 3.29. The van der Waals surface area contributed by atoms with E-state index in [9.17, 15) is 14.4 Å². The largest absolute Gasteiger partial charge is 0.443 e. The van der Waals surface area contributed by atoms with Crippen LogP contribution in [0.15, 0.2) is 60.8 Å². The molecule has 7 nitrogen and oxygen atoms in total. The molecule has 0 atom stereocenters. The van der Waals surface area contributed by atoms with Crippen LogP contribution in [-0.4, -0.2) is 21.2 Å². The molecular formula is C25H21ClFN5O2. The Labute approximate surface area is 200 Å². The Morgan fingerprint density at radius 3 is 2.50 bits per heavy atom. The summed E-state index contributed by atoms with van der Waals surface area (Å²) in [5.74, 6) is -0.113. The number of nitriles is 1. The van der Waals surface area contributed by atoms with Crippen molar-refractivity contribution in [2.45, 2.75) is 26.4 Å². The Morgan fingerprint density at radius 2 is 1.79 bits per heavy atom. The number of halogens is 2. The van der Waals surface area contributed by atoms with Gasteiger partial charge in [0, 0.05) is 34.7 Å². The van der Waals surface area contributed by atoms with Crippen LogP contribution in [0.4, 0.5) is 32.1 Å². The maximum Gasteiger partial charge on any atom is 0.418 e. The Kier molecular flexibility index (Phi) is 6.14. The van der Waals surface area contributed by atoms with Crippen molar-refractivity contribution in [1.29, 1.82) is 5.26 Å². The summed E-state index contributed by atoms with van der Waals surface area (Å²) in [6.07, 6.45) is 1.18. The fourth-order valence-corrected chi connectivity index (χ4v) is 3.47. The molecule has 0 saturated heterocycles. The van der Waals surface area contributed by atoms with E-state index in [1.807, 2.05) is 45.0 Å². The molecule has 0 amide bonds. The van der Waals surface area contributed by atoms with Gasteiger partial charge < -0.3 is 15.4 Å². The van der Waals surface area contributed by atoms with Gasteiger partial charge in [-0.25, -0.2) is 14.2 Å². The number of nitrogens with one attached hydrogen (secondary N) is 2. The number of hydrogen-bond donors (Lipinski definition) is 2. The highest BCUT2D eigenvalue weighted by Gasteiger charge is 2.19. The molecule has 0 fully saturated rings. The number of benzene rings is 2. The smallest absolute Gasteiger partial charge is 0.418 e. The molecule has 2 heterocycles. The van der Waals surface area contributed by atoms with Gasteiger partial charge in [0.05, 0.1) is 10.5 Å². The van der Waals surface area contributed by atoms with Crippen LogP contribution in [-0.2, 0) is 4.74 Å². The number of fused-ring (bicyclic) bond motifs is 1. The SMILES string of the molecule is CC(C)(C)OC(=O)n1ccc2ccc(Nc3cc(Nc4ccc(F)c(Cl)c4)cc(C#N)n3)cc21. The van der Waals surface area contributed by atoms with Crippen LogP contribution in [0.5, 0.6) is 0 Å². The predicted octanol–water partition coefficient (Wildman–Crippen LogP) is 6.97. The summed E-state index contributed by atoms with van der Waals surface area (Å²) in [5, 5.41) is 16.5. The number of carbonyl (C=O) groups excluding carboxylic acids is 1. The van der Waals surface area contributed by atoms with E-state index >= 15 is 0 Å². The number of nitrogens with zero attached hydrogens (tertiary/aromatic N) is 3. The Balaban J connectivity index is 1.62. The van der Waals surface area contributed by atoms with Crippen LogP contribution in [0.25, 0.3) is 10.9 Å². The van der Waals surface area contributed by atoms with Crippen LogP contribution >= 0.6 is 11.6 Å². The van der Waals surface area contributed by atoms with Crippen LogP contribution in [0.2, 0.25) is 5.02 Å². The van der Waals surface area contributed by atoms with Crippen LogP contribution in [0, 0.1) is 17.1 Å². The summed E-state index contributed by atoms with van der Waals surface area (Å²) in [4.78, 5) is 16.9. The van der Waals surface area contributed by atoms with Crippen molar-refractivity contribution < 1.29 is 13.9 Å². The Morgan fingerprint density at radius 1 is 1.06 bits per heavy atom. The van der Waals surface area contributed by atoms with Crippen molar-refractivity contribution in [3.63, 3.8) is 0 Å². The molecule has 34 heavy (non-hydrogen) atoms. The zero-order valence-corrected chi connectivity index (χ0v) is 19.4. The minimum absolute atomic E-state index is 0.0146. The third-order valence-electron chi connectivity index (χ3n) is 4.70. The first-order chi connectivity index (χ1) is 16.1. The minimum atomic E-state index is -0.622. The molecule has 0 aliphatic heterocycles. The Bertz CT molecular complexity index is 1440. The van der Waals surface area contributed by atoms with Crippen molar-refractivity contribution in [3.8, 4) is 6.07 Å².